The molecule has 15 heavy (non-hydrogen) atoms. The minimum atomic E-state index is -0.176. The second-order valence-corrected chi connectivity index (χ2v) is 4.67. The van der Waals surface area contributed by atoms with Crippen LogP contribution in [0.3, 0.4) is 0 Å². The second-order valence-electron chi connectivity index (χ2n) is 4.67. The molecule has 0 amide bonds. The summed E-state index contributed by atoms with van der Waals surface area (Å²) in [5.74, 6) is 0.602. The van der Waals surface area contributed by atoms with Gasteiger partial charge in [-0.1, -0.05) is 19.3 Å². The van der Waals surface area contributed by atoms with Gasteiger partial charge in [-0.15, -0.1) is 0 Å². The highest BCUT2D eigenvalue weighted by atomic mass is 16.5. The molecule has 0 bridgehead atoms. The molecule has 2 unspecified atom stereocenters. The zero-order valence-electron chi connectivity index (χ0n) is 9.20. The lowest BCUT2D eigenvalue weighted by atomic mass is 9.81. The summed E-state index contributed by atoms with van der Waals surface area (Å²) in [7, 11) is 0. The van der Waals surface area contributed by atoms with Crippen LogP contribution in [0.2, 0.25) is 0 Å². The topological polar surface area (TPSA) is 43.4 Å². The molecular formula is C12H18O3. The highest BCUT2D eigenvalue weighted by Gasteiger charge is 2.48. The van der Waals surface area contributed by atoms with Crippen LogP contribution in [0.4, 0.5) is 0 Å². The fourth-order valence-electron chi connectivity index (χ4n) is 2.19. The number of ether oxygens (including phenoxy) is 1. The van der Waals surface area contributed by atoms with E-state index in [0.29, 0.717) is 18.9 Å². The molecule has 0 aromatic heterocycles. The van der Waals surface area contributed by atoms with Gasteiger partial charge < -0.3 is 4.74 Å². The lowest BCUT2D eigenvalue weighted by molar-refractivity contribution is -0.146. The van der Waals surface area contributed by atoms with Gasteiger partial charge in [0.2, 0.25) is 0 Å². The average molecular weight is 210 g/mol. The van der Waals surface area contributed by atoms with Crippen molar-refractivity contribution in [2.45, 2.75) is 39.0 Å². The lowest BCUT2D eigenvalue weighted by Crippen LogP contribution is -2.18. The van der Waals surface area contributed by atoms with E-state index < -0.39 is 0 Å². The van der Waals surface area contributed by atoms with Crippen LogP contribution in [0.5, 0.6) is 0 Å². The van der Waals surface area contributed by atoms with Crippen LogP contribution >= 0.6 is 0 Å². The molecule has 0 aromatic carbocycles. The molecule has 0 spiro atoms. The van der Waals surface area contributed by atoms with Crippen molar-refractivity contribution in [3.05, 3.63) is 0 Å². The van der Waals surface area contributed by atoms with Crippen LogP contribution in [0.1, 0.15) is 39.0 Å². The van der Waals surface area contributed by atoms with Crippen molar-refractivity contribution in [2.75, 3.05) is 6.61 Å². The maximum Gasteiger partial charge on any atom is 0.309 e. The van der Waals surface area contributed by atoms with Gasteiger partial charge in [-0.25, -0.2) is 0 Å². The van der Waals surface area contributed by atoms with Crippen LogP contribution < -0.4 is 0 Å². The second kappa shape index (κ2) is 4.33. The number of carbonyl (C=O) groups excluding carboxylic acids is 2. The van der Waals surface area contributed by atoms with Crippen molar-refractivity contribution in [1.29, 1.82) is 0 Å². The van der Waals surface area contributed by atoms with Crippen LogP contribution in [-0.2, 0) is 14.3 Å². The Balaban J connectivity index is 1.72. The van der Waals surface area contributed by atoms with Gasteiger partial charge in [0.05, 0.1) is 12.5 Å². The van der Waals surface area contributed by atoms with Gasteiger partial charge in [-0.05, 0) is 19.3 Å². The molecule has 2 fully saturated rings. The molecule has 2 atom stereocenters. The van der Waals surface area contributed by atoms with E-state index in [0.717, 1.165) is 6.42 Å². The molecule has 0 radical (unpaired) electrons. The SMILES string of the molecule is CCOC(=O)C1CC1C(=O)CC1CCC1. The summed E-state index contributed by atoms with van der Waals surface area (Å²) >= 11 is 0. The molecular weight excluding hydrogens is 192 g/mol. The minimum absolute atomic E-state index is 0.00958. The number of rotatable bonds is 5. The molecule has 0 N–H and O–H groups in total. The van der Waals surface area contributed by atoms with E-state index >= 15 is 0 Å². The first-order valence-corrected chi connectivity index (χ1v) is 5.91. The molecule has 2 aliphatic carbocycles. The van der Waals surface area contributed by atoms with E-state index in [1.165, 1.54) is 19.3 Å². The Morgan fingerprint density at radius 1 is 1.27 bits per heavy atom. The average Bonchev–Trinajstić information content (AvgIpc) is 2.91. The smallest absolute Gasteiger partial charge is 0.309 e. The van der Waals surface area contributed by atoms with E-state index in [2.05, 4.69) is 0 Å². The van der Waals surface area contributed by atoms with Gasteiger partial charge in [-0.3, -0.25) is 9.59 Å². The highest BCUT2D eigenvalue weighted by Crippen LogP contribution is 2.43. The Bertz CT molecular complexity index is 268. The lowest BCUT2D eigenvalue weighted by Gasteiger charge is -2.24. The number of Topliss-reactive ketones (excluding diaryl/α,β-unsaturated/α-hetero) is 1. The molecule has 0 heterocycles. The molecule has 3 nitrogen and oxygen atoms in total. The van der Waals surface area contributed by atoms with Gasteiger partial charge in [-0.2, -0.15) is 0 Å². The quantitative estimate of drug-likeness (QED) is 0.651. The van der Waals surface area contributed by atoms with Crippen molar-refractivity contribution >= 4 is 11.8 Å². The first-order chi connectivity index (χ1) is 7.22. The standard InChI is InChI=1S/C12H18O3/c1-2-15-12(14)10-7-9(10)11(13)6-8-4-3-5-8/h8-10H,2-7H2,1H3. The van der Waals surface area contributed by atoms with Gasteiger partial charge >= 0.3 is 5.97 Å². The summed E-state index contributed by atoms with van der Waals surface area (Å²) in [6, 6.07) is 0. The molecule has 84 valence electrons. The Kier molecular flexibility index (Phi) is 3.08. The zero-order chi connectivity index (χ0) is 10.8. The molecule has 0 aliphatic heterocycles. The minimum Gasteiger partial charge on any atom is -0.466 e. The molecule has 2 rings (SSSR count). The summed E-state index contributed by atoms with van der Waals surface area (Å²) in [6.45, 7) is 2.21. The van der Waals surface area contributed by atoms with Gasteiger partial charge in [0.25, 0.3) is 0 Å². The number of hydrogen-bond donors (Lipinski definition) is 0. The van der Waals surface area contributed by atoms with E-state index in [4.69, 9.17) is 4.74 Å². The summed E-state index contributed by atoms with van der Waals surface area (Å²) in [4.78, 5) is 23.0. The van der Waals surface area contributed by atoms with Gasteiger partial charge in [0.15, 0.2) is 0 Å². The number of ketones is 1. The number of carbonyl (C=O) groups is 2. The fraction of sp³-hybridized carbons (Fsp3) is 0.833. The summed E-state index contributed by atoms with van der Waals surface area (Å²) in [5, 5.41) is 0. The monoisotopic (exact) mass is 210 g/mol. The third-order valence-corrected chi connectivity index (χ3v) is 3.51. The predicted octanol–water partition coefficient (Wildman–Crippen LogP) is 1.94. The first kappa shape index (κ1) is 10.7. The molecule has 0 saturated heterocycles. The van der Waals surface area contributed by atoms with Crippen molar-refractivity contribution < 1.29 is 14.3 Å². The zero-order valence-corrected chi connectivity index (χ0v) is 9.20. The Morgan fingerprint density at radius 3 is 2.53 bits per heavy atom. The van der Waals surface area contributed by atoms with Crippen molar-refractivity contribution in [3.8, 4) is 0 Å². The largest absolute Gasteiger partial charge is 0.466 e. The van der Waals surface area contributed by atoms with E-state index in [-0.39, 0.29) is 23.6 Å². The van der Waals surface area contributed by atoms with Crippen LogP contribution in [-0.4, -0.2) is 18.4 Å². The van der Waals surface area contributed by atoms with Crippen molar-refractivity contribution in [3.63, 3.8) is 0 Å². The van der Waals surface area contributed by atoms with Crippen LogP contribution in [0.25, 0.3) is 0 Å². The molecule has 2 saturated carbocycles. The maximum absolute atomic E-state index is 11.7. The van der Waals surface area contributed by atoms with E-state index in [1.54, 1.807) is 6.92 Å². The normalized spacial score (nSPS) is 29.4. The fourth-order valence-corrected chi connectivity index (χ4v) is 2.19. The highest BCUT2D eigenvalue weighted by molar-refractivity contribution is 5.91. The van der Waals surface area contributed by atoms with E-state index in [1.807, 2.05) is 0 Å². The summed E-state index contributed by atoms with van der Waals surface area (Å²) < 4.78 is 4.90. The maximum atomic E-state index is 11.7. The number of esters is 1. The van der Waals surface area contributed by atoms with Gasteiger partial charge in [0, 0.05) is 12.3 Å². The Hall–Kier alpha value is -0.860. The predicted molar refractivity (Wildman–Crippen MR) is 55.2 cm³/mol. The molecule has 3 heteroatoms. The summed E-state index contributed by atoms with van der Waals surface area (Å²) in [5.41, 5.74) is 0. The third kappa shape index (κ3) is 2.39. The number of hydrogen-bond acceptors (Lipinski definition) is 3. The van der Waals surface area contributed by atoms with Gasteiger partial charge in [0.1, 0.15) is 5.78 Å². The Labute approximate surface area is 90.2 Å². The third-order valence-electron chi connectivity index (χ3n) is 3.51. The molecule has 0 aromatic rings. The van der Waals surface area contributed by atoms with Crippen LogP contribution in [0, 0.1) is 17.8 Å². The molecule has 2 aliphatic rings. The Morgan fingerprint density at radius 2 is 2.00 bits per heavy atom. The van der Waals surface area contributed by atoms with Crippen molar-refractivity contribution in [1.82, 2.24) is 0 Å². The van der Waals surface area contributed by atoms with E-state index in [9.17, 15) is 9.59 Å². The van der Waals surface area contributed by atoms with Crippen LogP contribution in [0.15, 0.2) is 0 Å². The first-order valence-electron chi connectivity index (χ1n) is 5.91. The summed E-state index contributed by atoms with van der Waals surface area (Å²) in [6.07, 6.45) is 5.08. The van der Waals surface area contributed by atoms with Crippen molar-refractivity contribution in [2.24, 2.45) is 17.8 Å².